The first kappa shape index (κ1) is 19.8. The van der Waals surface area contributed by atoms with Crippen molar-refractivity contribution in [1.29, 1.82) is 5.26 Å². The predicted molar refractivity (Wildman–Crippen MR) is 110 cm³/mol. The zero-order chi connectivity index (χ0) is 21.6. The van der Waals surface area contributed by atoms with E-state index in [1.54, 1.807) is 29.2 Å². The molecule has 0 saturated carbocycles. The molecule has 0 amide bonds. The highest BCUT2D eigenvalue weighted by Gasteiger charge is 2.44. The van der Waals surface area contributed by atoms with Gasteiger partial charge in [0, 0.05) is 23.4 Å². The topological polar surface area (TPSA) is 70.1 Å². The number of nitrogens with zero attached hydrogens (tertiary/aromatic N) is 2. The zero-order valence-electron chi connectivity index (χ0n) is 16.7. The van der Waals surface area contributed by atoms with Crippen molar-refractivity contribution in [2.24, 2.45) is 11.1 Å². The summed E-state index contributed by atoms with van der Waals surface area (Å²) >= 11 is 0. The highest BCUT2D eigenvalue weighted by atomic mass is 19.1. The molecule has 0 saturated heterocycles. The fraction of sp³-hybridized carbons (Fsp3) is 0.250. The normalized spacial score (nSPS) is 20.8. The highest BCUT2D eigenvalue weighted by molar-refractivity contribution is 6.01. The lowest BCUT2D eigenvalue weighted by Gasteiger charge is -2.43. The molecule has 1 atom stereocenters. The van der Waals surface area contributed by atoms with Gasteiger partial charge in [-0.3, -0.25) is 9.69 Å². The summed E-state index contributed by atoms with van der Waals surface area (Å²) in [6.45, 7) is 4.01. The second-order valence-electron chi connectivity index (χ2n) is 8.51. The Hall–Kier alpha value is -3.46. The standard InChI is InChI=1S/C24H21F2N3O/c1-24(2)11-19-22(20(30)12-24)21(14-3-5-15(25)6-4-14)18(13-27)23(28)29(19)17-9-7-16(26)8-10-17/h3-10,21H,11-12,28H2,1-2H3/t21-/m0/s1. The number of hydrogen-bond acceptors (Lipinski definition) is 4. The van der Waals surface area contributed by atoms with Gasteiger partial charge in [0.25, 0.3) is 0 Å². The molecule has 6 heteroatoms. The summed E-state index contributed by atoms with van der Waals surface area (Å²) in [4.78, 5) is 15.0. The Balaban J connectivity index is 1.98. The second-order valence-corrected chi connectivity index (χ2v) is 8.51. The first-order valence-corrected chi connectivity index (χ1v) is 9.69. The van der Waals surface area contributed by atoms with E-state index in [0.717, 1.165) is 0 Å². The number of carbonyl (C=O) groups excluding carboxylic acids is 1. The number of ketones is 1. The first-order valence-electron chi connectivity index (χ1n) is 9.69. The maximum Gasteiger partial charge on any atom is 0.162 e. The van der Waals surface area contributed by atoms with Gasteiger partial charge in [-0.05, 0) is 53.8 Å². The van der Waals surface area contributed by atoms with E-state index in [-0.39, 0.29) is 22.6 Å². The molecule has 2 aliphatic rings. The number of allylic oxidation sites excluding steroid dienone is 3. The molecule has 0 aromatic heterocycles. The Morgan fingerprint density at radius 1 is 1.03 bits per heavy atom. The van der Waals surface area contributed by atoms with Crippen LogP contribution >= 0.6 is 0 Å². The molecule has 4 nitrogen and oxygen atoms in total. The van der Waals surface area contributed by atoms with Crippen LogP contribution in [0.1, 0.15) is 38.2 Å². The molecule has 152 valence electrons. The van der Waals surface area contributed by atoms with Gasteiger partial charge < -0.3 is 5.73 Å². The molecule has 2 N–H and O–H groups in total. The number of anilines is 1. The fourth-order valence-corrected chi connectivity index (χ4v) is 4.38. The van der Waals surface area contributed by atoms with Crippen molar-refractivity contribution in [3.8, 4) is 6.07 Å². The molecule has 1 aliphatic carbocycles. The van der Waals surface area contributed by atoms with Crippen molar-refractivity contribution in [3.63, 3.8) is 0 Å². The monoisotopic (exact) mass is 405 g/mol. The molecular formula is C24H21F2N3O. The smallest absolute Gasteiger partial charge is 0.162 e. The van der Waals surface area contributed by atoms with Crippen LogP contribution in [-0.2, 0) is 4.79 Å². The SMILES string of the molecule is CC1(C)CC(=O)C2=C(C1)N(c1ccc(F)cc1)C(N)=C(C#N)[C@@H]2c1ccc(F)cc1. The van der Waals surface area contributed by atoms with Gasteiger partial charge in [-0.15, -0.1) is 0 Å². The third kappa shape index (κ3) is 3.26. The fourth-order valence-electron chi connectivity index (χ4n) is 4.38. The minimum Gasteiger partial charge on any atom is -0.384 e. The van der Waals surface area contributed by atoms with Crippen LogP contribution in [0.5, 0.6) is 0 Å². The number of halogens is 2. The summed E-state index contributed by atoms with van der Waals surface area (Å²) in [5.41, 5.74) is 8.81. The van der Waals surface area contributed by atoms with Crippen LogP contribution in [0.4, 0.5) is 14.5 Å². The number of nitriles is 1. The minimum atomic E-state index is -0.661. The Bertz CT molecular complexity index is 1120. The van der Waals surface area contributed by atoms with Crippen LogP contribution in [0.3, 0.4) is 0 Å². The van der Waals surface area contributed by atoms with E-state index in [4.69, 9.17) is 5.73 Å². The summed E-state index contributed by atoms with van der Waals surface area (Å²) in [5.74, 6) is -1.32. The van der Waals surface area contributed by atoms with Crippen molar-refractivity contribution in [2.75, 3.05) is 4.90 Å². The summed E-state index contributed by atoms with van der Waals surface area (Å²) in [5, 5.41) is 9.95. The largest absolute Gasteiger partial charge is 0.384 e. The molecule has 1 aliphatic heterocycles. The Morgan fingerprint density at radius 3 is 2.17 bits per heavy atom. The third-order valence-corrected chi connectivity index (χ3v) is 5.67. The number of benzene rings is 2. The minimum absolute atomic E-state index is 0.0667. The van der Waals surface area contributed by atoms with Crippen molar-refractivity contribution in [2.45, 2.75) is 32.6 Å². The number of rotatable bonds is 2. The molecule has 1 heterocycles. The van der Waals surface area contributed by atoms with Gasteiger partial charge in [0.15, 0.2) is 5.78 Å². The van der Waals surface area contributed by atoms with Crippen molar-refractivity contribution >= 4 is 11.5 Å². The molecule has 0 unspecified atom stereocenters. The van der Waals surface area contributed by atoms with Gasteiger partial charge in [0.1, 0.15) is 17.5 Å². The van der Waals surface area contributed by atoms with Gasteiger partial charge in [0.2, 0.25) is 0 Å². The van der Waals surface area contributed by atoms with E-state index in [0.29, 0.717) is 35.4 Å². The summed E-state index contributed by atoms with van der Waals surface area (Å²) < 4.78 is 27.0. The van der Waals surface area contributed by atoms with Crippen LogP contribution < -0.4 is 10.6 Å². The molecule has 0 spiro atoms. The predicted octanol–water partition coefficient (Wildman–Crippen LogP) is 4.91. The van der Waals surface area contributed by atoms with Crippen molar-refractivity contribution in [3.05, 3.63) is 88.4 Å². The van der Waals surface area contributed by atoms with E-state index in [1.807, 2.05) is 13.8 Å². The third-order valence-electron chi connectivity index (χ3n) is 5.67. The first-order chi connectivity index (χ1) is 14.2. The Morgan fingerprint density at radius 2 is 1.60 bits per heavy atom. The lowest BCUT2D eigenvalue weighted by atomic mass is 9.68. The number of Topliss-reactive ketones (excluding diaryl/α,β-unsaturated/α-hetero) is 1. The van der Waals surface area contributed by atoms with Crippen LogP contribution in [0, 0.1) is 28.4 Å². The molecular weight excluding hydrogens is 384 g/mol. The van der Waals surface area contributed by atoms with Crippen LogP contribution in [0.15, 0.2) is 71.2 Å². The summed E-state index contributed by atoms with van der Waals surface area (Å²) in [6.07, 6.45) is 0.891. The van der Waals surface area contributed by atoms with Crippen molar-refractivity contribution in [1.82, 2.24) is 0 Å². The van der Waals surface area contributed by atoms with Gasteiger partial charge >= 0.3 is 0 Å². The molecule has 30 heavy (non-hydrogen) atoms. The Kier molecular flexibility index (Phi) is 4.70. The molecule has 0 bridgehead atoms. The molecule has 2 aromatic rings. The molecule has 4 rings (SSSR count). The van der Waals surface area contributed by atoms with Crippen LogP contribution in [-0.4, -0.2) is 5.78 Å². The van der Waals surface area contributed by atoms with Crippen LogP contribution in [0.25, 0.3) is 0 Å². The molecule has 0 fully saturated rings. The average molecular weight is 405 g/mol. The second kappa shape index (κ2) is 7.10. The number of carbonyl (C=O) groups is 1. The van der Waals surface area contributed by atoms with E-state index in [2.05, 4.69) is 6.07 Å². The summed E-state index contributed by atoms with van der Waals surface area (Å²) in [7, 11) is 0. The van der Waals surface area contributed by atoms with E-state index >= 15 is 0 Å². The molecule has 2 aromatic carbocycles. The van der Waals surface area contributed by atoms with Gasteiger partial charge in [-0.1, -0.05) is 26.0 Å². The summed E-state index contributed by atoms with van der Waals surface area (Å²) in [6, 6.07) is 13.7. The Labute approximate surface area is 173 Å². The number of hydrogen-bond donors (Lipinski definition) is 1. The lowest BCUT2D eigenvalue weighted by Crippen LogP contribution is -2.42. The number of nitrogens with two attached hydrogens (primary N) is 1. The van der Waals surface area contributed by atoms with Gasteiger partial charge in [-0.2, -0.15) is 5.26 Å². The van der Waals surface area contributed by atoms with Gasteiger partial charge in [0.05, 0.1) is 17.6 Å². The molecule has 0 radical (unpaired) electrons. The maximum atomic E-state index is 13.5. The van der Waals surface area contributed by atoms with E-state index < -0.39 is 17.6 Å². The highest BCUT2D eigenvalue weighted by Crippen LogP contribution is 2.50. The van der Waals surface area contributed by atoms with E-state index in [9.17, 15) is 18.8 Å². The quantitative estimate of drug-likeness (QED) is 0.771. The van der Waals surface area contributed by atoms with E-state index in [1.165, 1.54) is 24.3 Å². The van der Waals surface area contributed by atoms with Crippen molar-refractivity contribution < 1.29 is 13.6 Å². The zero-order valence-corrected chi connectivity index (χ0v) is 16.7. The van der Waals surface area contributed by atoms with Crippen LogP contribution in [0.2, 0.25) is 0 Å². The van der Waals surface area contributed by atoms with Gasteiger partial charge in [-0.25, -0.2) is 8.78 Å². The average Bonchev–Trinajstić information content (AvgIpc) is 2.68. The lowest BCUT2D eigenvalue weighted by molar-refractivity contribution is -0.118. The maximum absolute atomic E-state index is 13.5.